The molecule has 2 aromatic carbocycles. The molecule has 3 heterocycles. The molecule has 5 rings (SSSR count). The Morgan fingerprint density at radius 1 is 1.21 bits per heavy atom. The second kappa shape index (κ2) is 11.0. The van der Waals surface area contributed by atoms with Crippen molar-refractivity contribution >= 4 is 23.4 Å². The van der Waals surface area contributed by atoms with Crippen LogP contribution in [0.1, 0.15) is 43.9 Å². The van der Waals surface area contributed by atoms with Gasteiger partial charge in [-0.1, -0.05) is 48.8 Å². The smallest absolute Gasteiger partial charge is 0.338 e. The van der Waals surface area contributed by atoms with Crippen molar-refractivity contribution in [3.05, 3.63) is 84.5 Å². The summed E-state index contributed by atoms with van der Waals surface area (Å²) in [4.78, 5) is 32.4. The van der Waals surface area contributed by atoms with Crippen LogP contribution in [-0.2, 0) is 9.53 Å². The molecule has 0 amide bonds. The van der Waals surface area contributed by atoms with Crippen molar-refractivity contribution in [2.24, 2.45) is 4.99 Å². The van der Waals surface area contributed by atoms with E-state index in [0.29, 0.717) is 49.8 Å². The maximum absolute atomic E-state index is 13.8. The molecule has 3 aromatic rings. The number of thiazole rings is 1. The average molecular weight is 531 g/mol. The van der Waals surface area contributed by atoms with Gasteiger partial charge in [0, 0.05) is 0 Å². The normalized spacial score (nSPS) is 16.0. The zero-order valence-corrected chi connectivity index (χ0v) is 21.9. The number of hydrogen-bond acceptors (Lipinski definition) is 8. The van der Waals surface area contributed by atoms with E-state index in [-0.39, 0.29) is 25.6 Å². The molecule has 1 atom stereocenters. The molecule has 2 aliphatic rings. The first-order valence-corrected chi connectivity index (χ1v) is 13.1. The van der Waals surface area contributed by atoms with Crippen LogP contribution < -0.4 is 29.1 Å². The molecule has 0 bridgehead atoms. The predicted octanol–water partition coefficient (Wildman–Crippen LogP) is 3.32. The zero-order valence-electron chi connectivity index (χ0n) is 21.1. The number of fused-ring (bicyclic) bond motifs is 2. The number of hydrogen-bond donors (Lipinski definition) is 0. The van der Waals surface area contributed by atoms with Crippen LogP contribution in [0.5, 0.6) is 17.2 Å². The first-order chi connectivity index (χ1) is 18.5. The molecule has 0 aliphatic carbocycles. The van der Waals surface area contributed by atoms with E-state index in [1.54, 1.807) is 35.8 Å². The molecular formula is C29H26N2O6S. The molecule has 38 heavy (non-hydrogen) atoms. The van der Waals surface area contributed by atoms with Crippen LogP contribution in [0.25, 0.3) is 6.08 Å². The third-order valence-electron chi connectivity index (χ3n) is 6.10. The summed E-state index contributed by atoms with van der Waals surface area (Å²) in [5.74, 6) is 3.77. The van der Waals surface area contributed by atoms with E-state index in [9.17, 15) is 9.59 Å². The van der Waals surface area contributed by atoms with Crippen LogP contribution in [0.4, 0.5) is 0 Å². The Morgan fingerprint density at radius 3 is 2.74 bits per heavy atom. The minimum Gasteiger partial charge on any atom is -0.481 e. The second-order valence-corrected chi connectivity index (χ2v) is 9.60. The second-order valence-electron chi connectivity index (χ2n) is 8.59. The Balaban J connectivity index is 1.67. The summed E-state index contributed by atoms with van der Waals surface area (Å²) in [7, 11) is 0. The van der Waals surface area contributed by atoms with Gasteiger partial charge in [0.25, 0.3) is 5.56 Å². The topological polar surface area (TPSA) is 88.3 Å². The SMILES string of the molecule is C#CCOc1ccc(/C=c2\sc3n(c2=O)[C@@H](c2ccc4c(c2)OCO4)C(C(=O)OCC)=C(CCC)N=3)cc1. The fraction of sp³-hybridized carbons (Fsp3) is 0.276. The first-order valence-electron chi connectivity index (χ1n) is 12.3. The standard InChI is InChI=1S/C29H26N2O6S/c1-4-7-21-25(28(33)34-6-3)26(19-10-13-22-23(16-19)37-17-36-22)31-27(32)24(38-29(31)30-21)15-18-8-11-20(12-9-18)35-14-5-2/h2,8-13,15-16,26H,4,6-7,14,17H2,1,3H3/b24-15-/t26-/m0/s1. The van der Waals surface area contributed by atoms with Crippen molar-refractivity contribution in [3.8, 4) is 29.6 Å². The number of carbonyl (C=O) groups excluding carboxylic acids is 1. The lowest BCUT2D eigenvalue weighted by Gasteiger charge is -2.25. The van der Waals surface area contributed by atoms with Crippen molar-refractivity contribution in [2.75, 3.05) is 20.0 Å². The van der Waals surface area contributed by atoms with Gasteiger partial charge in [-0.25, -0.2) is 9.79 Å². The molecule has 0 unspecified atom stereocenters. The van der Waals surface area contributed by atoms with Gasteiger partial charge in [-0.3, -0.25) is 9.36 Å². The Hall–Kier alpha value is -4.29. The Kier molecular flexibility index (Phi) is 7.33. The number of ether oxygens (including phenoxy) is 4. The van der Waals surface area contributed by atoms with Crippen LogP contribution >= 0.6 is 11.3 Å². The Morgan fingerprint density at radius 2 is 2.00 bits per heavy atom. The lowest BCUT2D eigenvalue weighted by Crippen LogP contribution is -2.40. The zero-order chi connectivity index (χ0) is 26.6. The minimum atomic E-state index is -0.719. The van der Waals surface area contributed by atoms with Crippen molar-refractivity contribution < 1.29 is 23.7 Å². The molecule has 1 aromatic heterocycles. The predicted molar refractivity (Wildman–Crippen MR) is 143 cm³/mol. The summed E-state index contributed by atoms with van der Waals surface area (Å²) in [6.45, 7) is 4.29. The van der Waals surface area contributed by atoms with Gasteiger partial charge in [0.05, 0.1) is 28.5 Å². The number of aromatic nitrogens is 1. The first kappa shape index (κ1) is 25.4. The van der Waals surface area contributed by atoms with Crippen LogP contribution in [0, 0.1) is 12.3 Å². The van der Waals surface area contributed by atoms with E-state index in [4.69, 9.17) is 30.4 Å². The molecular weight excluding hydrogens is 504 g/mol. The van der Waals surface area contributed by atoms with Crippen molar-refractivity contribution in [3.63, 3.8) is 0 Å². The van der Waals surface area contributed by atoms with Crippen molar-refractivity contribution in [1.82, 2.24) is 4.57 Å². The maximum atomic E-state index is 13.8. The third-order valence-corrected chi connectivity index (χ3v) is 7.09. The van der Waals surface area contributed by atoms with Gasteiger partial charge in [-0.05, 0) is 54.8 Å². The Labute approximate surface area is 223 Å². The van der Waals surface area contributed by atoms with E-state index < -0.39 is 12.0 Å². The quantitative estimate of drug-likeness (QED) is 0.328. The maximum Gasteiger partial charge on any atom is 0.338 e. The van der Waals surface area contributed by atoms with E-state index >= 15 is 0 Å². The van der Waals surface area contributed by atoms with E-state index in [0.717, 1.165) is 12.0 Å². The molecule has 0 saturated carbocycles. The summed E-state index contributed by atoms with van der Waals surface area (Å²) >= 11 is 1.28. The highest BCUT2D eigenvalue weighted by Crippen LogP contribution is 2.38. The Bertz CT molecular complexity index is 1630. The lowest BCUT2D eigenvalue weighted by atomic mass is 9.94. The number of nitrogens with zero attached hydrogens (tertiary/aromatic N) is 2. The summed E-state index contributed by atoms with van der Waals surface area (Å²) < 4.78 is 24.0. The molecule has 0 saturated heterocycles. The highest BCUT2D eigenvalue weighted by Gasteiger charge is 2.35. The molecule has 0 N–H and O–H groups in total. The fourth-order valence-corrected chi connectivity index (χ4v) is 5.48. The minimum absolute atomic E-state index is 0.121. The summed E-state index contributed by atoms with van der Waals surface area (Å²) in [5, 5.41) is 0. The molecule has 0 fully saturated rings. The molecule has 9 heteroatoms. The number of benzene rings is 2. The molecule has 0 radical (unpaired) electrons. The van der Waals surface area contributed by atoms with Crippen molar-refractivity contribution in [2.45, 2.75) is 32.7 Å². The third kappa shape index (κ3) is 4.83. The van der Waals surface area contributed by atoms with E-state index in [2.05, 4.69) is 5.92 Å². The van der Waals surface area contributed by atoms with Gasteiger partial charge in [-0.15, -0.1) is 6.42 Å². The molecule has 8 nitrogen and oxygen atoms in total. The number of terminal acetylenes is 1. The van der Waals surface area contributed by atoms with E-state index in [1.807, 2.05) is 31.2 Å². The number of allylic oxidation sites excluding steroid dienone is 1. The van der Waals surface area contributed by atoms with Crippen LogP contribution in [0.2, 0.25) is 0 Å². The fourth-order valence-electron chi connectivity index (χ4n) is 4.46. The van der Waals surface area contributed by atoms with Gasteiger partial charge in [0.1, 0.15) is 12.4 Å². The summed E-state index contributed by atoms with van der Waals surface area (Å²) in [6, 6.07) is 12.0. The average Bonchev–Trinajstić information content (AvgIpc) is 3.51. The molecule has 2 aliphatic heterocycles. The molecule has 194 valence electrons. The van der Waals surface area contributed by atoms with Gasteiger partial charge in [0.2, 0.25) is 6.79 Å². The monoisotopic (exact) mass is 530 g/mol. The lowest BCUT2D eigenvalue weighted by molar-refractivity contribution is -0.139. The van der Waals surface area contributed by atoms with Crippen LogP contribution in [0.15, 0.2) is 63.5 Å². The number of rotatable bonds is 8. The van der Waals surface area contributed by atoms with Gasteiger partial charge in [-0.2, -0.15) is 0 Å². The van der Waals surface area contributed by atoms with E-state index in [1.165, 1.54) is 11.3 Å². The largest absolute Gasteiger partial charge is 0.481 e. The summed E-state index contributed by atoms with van der Waals surface area (Å²) in [6.07, 6.45) is 8.41. The summed E-state index contributed by atoms with van der Waals surface area (Å²) in [5.41, 5.74) is 2.27. The van der Waals surface area contributed by atoms with Crippen LogP contribution in [0.3, 0.4) is 0 Å². The highest BCUT2D eigenvalue weighted by atomic mass is 32.1. The van der Waals surface area contributed by atoms with Crippen LogP contribution in [-0.4, -0.2) is 30.5 Å². The highest BCUT2D eigenvalue weighted by molar-refractivity contribution is 7.07. The van der Waals surface area contributed by atoms with Crippen molar-refractivity contribution in [1.29, 1.82) is 0 Å². The number of carbonyl (C=O) groups is 1. The van der Waals surface area contributed by atoms with Gasteiger partial charge in [0.15, 0.2) is 16.3 Å². The number of esters is 1. The van der Waals surface area contributed by atoms with Gasteiger partial charge < -0.3 is 18.9 Å². The van der Waals surface area contributed by atoms with Gasteiger partial charge >= 0.3 is 5.97 Å². The molecule has 0 spiro atoms.